The van der Waals surface area contributed by atoms with Gasteiger partial charge in [0.1, 0.15) is 6.61 Å². The highest BCUT2D eigenvalue weighted by molar-refractivity contribution is 7.98. The van der Waals surface area contributed by atoms with Gasteiger partial charge in [-0.2, -0.15) is 4.98 Å². The van der Waals surface area contributed by atoms with Crippen LogP contribution in [0.15, 0.2) is 33.9 Å². The van der Waals surface area contributed by atoms with E-state index in [9.17, 15) is 0 Å². The first-order chi connectivity index (χ1) is 10.7. The summed E-state index contributed by atoms with van der Waals surface area (Å²) < 4.78 is 6.96. The predicted octanol–water partition coefficient (Wildman–Crippen LogP) is 2.30. The van der Waals surface area contributed by atoms with E-state index in [0.717, 1.165) is 5.56 Å². The van der Waals surface area contributed by atoms with Crippen molar-refractivity contribution in [1.82, 2.24) is 24.9 Å². The van der Waals surface area contributed by atoms with Crippen LogP contribution in [0, 0.1) is 0 Å². The molecule has 0 saturated heterocycles. The van der Waals surface area contributed by atoms with Gasteiger partial charge in [0.2, 0.25) is 0 Å². The first-order valence-corrected chi connectivity index (χ1v) is 7.74. The van der Waals surface area contributed by atoms with Crippen molar-refractivity contribution in [2.45, 2.75) is 17.5 Å². The van der Waals surface area contributed by atoms with Crippen LogP contribution in [0.2, 0.25) is 5.02 Å². The minimum absolute atomic E-state index is 0.148. The average Bonchev–Trinajstić information content (AvgIpc) is 3.12. The Hall–Kier alpha value is -1.90. The number of aliphatic hydroxyl groups excluding tert-OH is 1. The maximum atomic E-state index is 9.09. The summed E-state index contributed by atoms with van der Waals surface area (Å²) in [5.41, 5.74) is 0.775. The van der Waals surface area contributed by atoms with Crippen molar-refractivity contribution in [3.63, 3.8) is 0 Å². The lowest BCUT2D eigenvalue weighted by molar-refractivity contribution is 0.266. The molecule has 0 spiro atoms. The van der Waals surface area contributed by atoms with Crippen LogP contribution >= 0.6 is 23.4 Å². The van der Waals surface area contributed by atoms with E-state index in [2.05, 4.69) is 20.3 Å². The highest BCUT2D eigenvalue weighted by Gasteiger charge is 2.12. The molecule has 1 aromatic carbocycles. The third-order valence-electron chi connectivity index (χ3n) is 2.94. The number of benzene rings is 1. The highest BCUT2D eigenvalue weighted by atomic mass is 35.5. The zero-order valence-electron chi connectivity index (χ0n) is 11.6. The number of hydrogen-bond donors (Lipinski definition) is 1. The molecule has 0 aliphatic heterocycles. The fourth-order valence-corrected chi connectivity index (χ4v) is 2.75. The van der Waals surface area contributed by atoms with E-state index in [-0.39, 0.29) is 6.61 Å². The van der Waals surface area contributed by atoms with E-state index >= 15 is 0 Å². The van der Waals surface area contributed by atoms with Crippen LogP contribution in [-0.2, 0) is 19.4 Å². The summed E-state index contributed by atoms with van der Waals surface area (Å²) in [6.45, 7) is -0.148. The summed E-state index contributed by atoms with van der Waals surface area (Å²) in [4.78, 5) is 4.33. The Kier molecular flexibility index (Phi) is 4.41. The molecule has 2 heterocycles. The second-order valence-electron chi connectivity index (χ2n) is 4.43. The lowest BCUT2D eigenvalue weighted by atomic mass is 10.2. The minimum atomic E-state index is -0.148. The number of hydrogen-bond acceptors (Lipinski definition) is 7. The molecule has 0 atom stereocenters. The fraction of sp³-hybridized carbons (Fsp3) is 0.231. The first kappa shape index (κ1) is 15.0. The van der Waals surface area contributed by atoms with Gasteiger partial charge in [0.25, 0.3) is 5.89 Å². The molecule has 0 bridgehead atoms. The first-order valence-electron chi connectivity index (χ1n) is 6.38. The van der Waals surface area contributed by atoms with Gasteiger partial charge in [-0.25, -0.2) is 0 Å². The van der Waals surface area contributed by atoms with Gasteiger partial charge in [-0.15, -0.1) is 10.2 Å². The summed E-state index contributed by atoms with van der Waals surface area (Å²) in [6, 6.07) is 7.23. The third-order valence-corrected chi connectivity index (χ3v) is 4.19. The highest BCUT2D eigenvalue weighted by Crippen LogP contribution is 2.24. The van der Waals surface area contributed by atoms with E-state index in [0.29, 0.717) is 33.5 Å². The van der Waals surface area contributed by atoms with Crippen molar-refractivity contribution in [1.29, 1.82) is 0 Å². The Morgan fingerprint density at radius 1 is 1.36 bits per heavy atom. The molecule has 0 aliphatic rings. The maximum Gasteiger partial charge on any atom is 0.258 e. The van der Waals surface area contributed by atoms with Crippen LogP contribution in [0.5, 0.6) is 0 Å². The lowest BCUT2D eigenvalue weighted by Crippen LogP contribution is -1.98. The Morgan fingerprint density at radius 3 is 2.95 bits per heavy atom. The molecule has 0 saturated carbocycles. The van der Waals surface area contributed by atoms with Crippen LogP contribution in [0.25, 0.3) is 11.5 Å². The Bertz CT molecular complexity index is 788. The van der Waals surface area contributed by atoms with Crippen molar-refractivity contribution < 1.29 is 9.63 Å². The normalized spacial score (nSPS) is 11.0. The van der Waals surface area contributed by atoms with Crippen LogP contribution in [0.1, 0.15) is 11.6 Å². The monoisotopic (exact) mass is 337 g/mol. The SMILES string of the molecule is Cn1c(CO)nnc1SCc1noc(-c2cccc(Cl)c2)n1. The smallest absolute Gasteiger partial charge is 0.258 e. The van der Waals surface area contributed by atoms with Gasteiger partial charge in [0.05, 0.1) is 5.75 Å². The van der Waals surface area contributed by atoms with Crippen molar-refractivity contribution in [2.24, 2.45) is 7.05 Å². The molecule has 0 unspecified atom stereocenters. The second-order valence-corrected chi connectivity index (χ2v) is 5.81. The van der Waals surface area contributed by atoms with Crippen LogP contribution in [0.3, 0.4) is 0 Å². The molecule has 1 N–H and O–H groups in total. The van der Waals surface area contributed by atoms with Crippen LogP contribution in [0.4, 0.5) is 0 Å². The number of halogens is 1. The van der Waals surface area contributed by atoms with Gasteiger partial charge in [-0.05, 0) is 18.2 Å². The summed E-state index contributed by atoms with van der Waals surface area (Å²) in [5.74, 6) is 1.97. The Morgan fingerprint density at radius 2 is 2.23 bits per heavy atom. The maximum absolute atomic E-state index is 9.09. The molecule has 114 valence electrons. The molecular formula is C13H12ClN5O2S. The molecule has 0 aliphatic carbocycles. The van der Waals surface area contributed by atoms with E-state index in [4.69, 9.17) is 21.2 Å². The largest absolute Gasteiger partial charge is 0.388 e. The van der Waals surface area contributed by atoms with Gasteiger partial charge >= 0.3 is 0 Å². The number of thioether (sulfide) groups is 1. The minimum Gasteiger partial charge on any atom is -0.388 e. The van der Waals surface area contributed by atoms with Gasteiger partial charge in [0, 0.05) is 17.6 Å². The Balaban J connectivity index is 1.70. The molecule has 22 heavy (non-hydrogen) atoms. The predicted molar refractivity (Wildman–Crippen MR) is 81.2 cm³/mol. The number of nitrogens with zero attached hydrogens (tertiary/aromatic N) is 5. The topological polar surface area (TPSA) is 89.9 Å². The molecule has 3 aromatic rings. The molecule has 0 radical (unpaired) electrons. The van der Waals surface area contributed by atoms with E-state index in [1.165, 1.54) is 11.8 Å². The standard InChI is InChI=1S/C13H12ClN5O2S/c1-19-11(6-20)16-17-13(19)22-7-10-15-12(21-18-10)8-3-2-4-9(14)5-8/h2-5,20H,6-7H2,1H3. The summed E-state index contributed by atoms with van der Waals surface area (Å²) in [6.07, 6.45) is 0. The van der Waals surface area contributed by atoms with Crippen molar-refractivity contribution in [2.75, 3.05) is 0 Å². The lowest BCUT2D eigenvalue weighted by Gasteiger charge is -1.99. The zero-order valence-corrected chi connectivity index (χ0v) is 13.2. The van der Waals surface area contributed by atoms with Crippen LogP contribution < -0.4 is 0 Å². The molecule has 7 nitrogen and oxygen atoms in total. The third kappa shape index (κ3) is 3.13. The average molecular weight is 338 g/mol. The van der Waals surface area contributed by atoms with Gasteiger partial charge in [0.15, 0.2) is 16.8 Å². The number of aromatic nitrogens is 5. The van der Waals surface area contributed by atoms with Gasteiger partial charge in [-0.1, -0.05) is 34.6 Å². The molecule has 3 rings (SSSR count). The van der Waals surface area contributed by atoms with Crippen molar-refractivity contribution >= 4 is 23.4 Å². The summed E-state index contributed by atoms with van der Waals surface area (Å²) in [5, 5.41) is 22.2. The molecular weight excluding hydrogens is 326 g/mol. The molecule has 9 heteroatoms. The molecule has 0 amide bonds. The van der Waals surface area contributed by atoms with Crippen LogP contribution in [-0.4, -0.2) is 30.0 Å². The summed E-state index contributed by atoms with van der Waals surface area (Å²) in [7, 11) is 1.79. The zero-order chi connectivity index (χ0) is 15.5. The summed E-state index contributed by atoms with van der Waals surface area (Å²) >= 11 is 7.36. The van der Waals surface area contributed by atoms with E-state index < -0.39 is 0 Å². The number of aliphatic hydroxyl groups is 1. The molecule has 0 fully saturated rings. The van der Waals surface area contributed by atoms with Crippen molar-refractivity contribution in [3.05, 3.63) is 40.9 Å². The quantitative estimate of drug-likeness (QED) is 0.714. The van der Waals surface area contributed by atoms with Gasteiger partial charge < -0.3 is 14.2 Å². The van der Waals surface area contributed by atoms with E-state index in [1.807, 2.05) is 12.1 Å². The van der Waals surface area contributed by atoms with Crippen molar-refractivity contribution in [3.8, 4) is 11.5 Å². The fourth-order valence-electron chi connectivity index (χ4n) is 1.79. The second kappa shape index (κ2) is 6.47. The number of rotatable bonds is 5. The molecule has 2 aromatic heterocycles. The van der Waals surface area contributed by atoms with E-state index in [1.54, 1.807) is 23.7 Å². The Labute approximate surface area is 135 Å². The van der Waals surface area contributed by atoms with Gasteiger partial charge in [-0.3, -0.25) is 0 Å².